The second kappa shape index (κ2) is 6.57. The van der Waals surface area contributed by atoms with Gasteiger partial charge in [-0.1, -0.05) is 17.7 Å². The Kier molecular flexibility index (Phi) is 4.38. The normalized spacial score (nSPS) is 17.7. The molecular weight excluding hydrogens is 374 g/mol. The van der Waals surface area contributed by atoms with Gasteiger partial charge in [0.05, 0.1) is 21.7 Å². The molecule has 1 aromatic heterocycles. The quantitative estimate of drug-likeness (QED) is 0.698. The molecule has 1 atom stereocenters. The number of H-pyrrole nitrogens is 1. The Labute approximate surface area is 156 Å². The molecule has 8 heteroatoms. The van der Waals surface area contributed by atoms with Gasteiger partial charge in [-0.2, -0.15) is 0 Å². The van der Waals surface area contributed by atoms with Crippen molar-refractivity contribution in [2.45, 2.75) is 30.8 Å². The maximum Gasteiger partial charge on any atom is 0.263 e. The summed E-state index contributed by atoms with van der Waals surface area (Å²) in [7, 11) is -3.78. The van der Waals surface area contributed by atoms with Gasteiger partial charge >= 0.3 is 0 Å². The van der Waals surface area contributed by atoms with Crippen LogP contribution >= 0.6 is 11.6 Å². The van der Waals surface area contributed by atoms with Gasteiger partial charge in [0.25, 0.3) is 10.0 Å². The van der Waals surface area contributed by atoms with Crippen molar-refractivity contribution in [1.29, 1.82) is 0 Å². The van der Waals surface area contributed by atoms with Crippen LogP contribution in [0.15, 0.2) is 41.3 Å². The summed E-state index contributed by atoms with van der Waals surface area (Å²) in [4.78, 5) is 7.81. The van der Waals surface area contributed by atoms with Crippen LogP contribution in [0.4, 0.5) is 5.69 Å². The third-order valence-corrected chi connectivity index (χ3v) is 6.23. The zero-order valence-corrected chi connectivity index (χ0v) is 15.7. The maximum absolute atomic E-state index is 12.6. The van der Waals surface area contributed by atoms with E-state index in [2.05, 4.69) is 14.7 Å². The maximum atomic E-state index is 12.6. The number of aromatic amines is 1. The summed E-state index contributed by atoms with van der Waals surface area (Å²) in [5, 5.41) is 0.195. The summed E-state index contributed by atoms with van der Waals surface area (Å²) in [6, 6.07) is 10.0. The van der Waals surface area contributed by atoms with Crippen molar-refractivity contribution >= 4 is 38.3 Å². The number of aryl methyl sites for hydroxylation is 1. The number of hydrogen-bond donors (Lipinski definition) is 2. The fraction of sp³-hybridized carbons (Fsp3) is 0.278. The van der Waals surface area contributed by atoms with Gasteiger partial charge in [-0.05, 0) is 55.7 Å². The number of ether oxygens (including phenoxy) is 1. The third-order valence-electron chi connectivity index (χ3n) is 4.36. The number of hydrogen-bond acceptors (Lipinski definition) is 4. The standard InChI is InChI=1S/C18H18ClN3O3S/c1-11-4-7-17(13(19)9-11)26(23,24)22-12-5-6-14-15(10-12)21-18(20-14)16-3-2-8-25-16/h4-7,9-10,16,22H,2-3,8H2,1H3,(H,20,21). The van der Waals surface area contributed by atoms with Gasteiger partial charge in [0, 0.05) is 6.61 Å². The average Bonchev–Trinajstić information content (AvgIpc) is 3.22. The zero-order chi connectivity index (χ0) is 18.3. The Morgan fingerprint density at radius 1 is 1.27 bits per heavy atom. The molecule has 0 radical (unpaired) electrons. The molecule has 2 aromatic carbocycles. The number of nitrogens with one attached hydrogen (secondary N) is 2. The largest absolute Gasteiger partial charge is 0.370 e. The van der Waals surface area contributed by atoms with E-state index in [1.54, 1.807) is 30.3 Å². The van der Waals surface area contributed by atoms with E-state index in [-0.39, 0.29) is 16.0 Å². The highest BCUT2D eigenvalue weighted by Crippen LogP contribution is 2.30. The molecule has 136 valence electrons. The molecule has 1 unspecified atom stereocenters. The van der Waals surface area contributed by atoms with Crippen molar-refractivity contribution in [3.05, 3.63) is 52.8 Å². The molecule has 26 heavy (non-hydrogen) atoms. The van der Waals surface area contributed by atoms with Crippen LogP contribution in [0.5, 0.6) is 0 Å². The average molecular weight is 392 g/mol. The summed E-state index contributed by atoms with van der Waals surface area (Å²) >= 11 is 6.10. The number of nitrogens with zero attached hydrogens (tertiary/aromatic N) is 1. The third kappa shape index (κ3) is 3.30. The van der Waals surface area contributed by atoms with Crippen LogP contribution in [0, 0.1) is 6.92 Å². The summed E-state index contributed by atoms with van der Waals surface area (Å²) < 4.78 is 33.5. The molecule has 1 aliphatic heterocycles. The molecule has 6 nitrogen and oxygen atoms in total. The van der Waals surface area contributed by atoms with Crippen molar-refractivity contribution in [3.63, 3.8) is 0 Å². The lowest BCUT2D eigenvalue weighted by Gasteiger charge is -2.10. The number of benzene rings is 2. The van der Waals surface area contributed by atoms with E-state index < -0.39 is 10.0 Å². The lowest BCUT2D eigenvalue weighted by Crippen LogP contribution is -2.13. The minimum absolute atomic E-state index is 0.0195. The van der Waals surface area contributed by atoms with Gasteiger partial charge in [-0.15, -0.1) is 0 Å². The highest BCUT2D eigenvalue weighted by Gasteiger charge is 2.22. The number of sulfonamides is 1. The van der Waals surface area contributed by atoms with Gasteiger partial charge in [0.1, 0.15) is 16.8 Å². The lowest BCUT2D eigenvalue weighted by atomic mass is 10.2. The predicted molar refractivity (Wildman–Crippen MR) is 101 cm³/mol. The van der Waals surface area contributed by atoms with Gasteiger partial charge in [0.15, 0.2) is 0 Å². The zero-order valence-electron chi connectivity index (χ0n) is 14.1. The van der Waals surface area contributed by atoms with E-state index in [1.807, 2.05) is 6.92 Å². The lowest BCUT2D eigenvalue weighted by molar-refractivity contribution is 0.106. The first kappa shape index (κ1) is 17.3. The first-order valence-corrected chi connectivity index (χ1v) is 10.2. The SMILES string of the molecule is Cc1ccc(S(=O)(=O)Nc2ccc3nc(C4CCCO4)[nH]c3c2)c(Cl)c1. The Balaban J connectivity index is 1.64. The van der Waals surface area contributed by atoms with Gasteiger partial charge < -0.3 is 9.72 Å². The van der Waals surface area contributed by atoms with Crippen molar-refractivity contribution < 1.29 is 13.2 Å². The summed E-state index contributed by atoms with van der Waals surface area (Å²) in [5.41, 5.74) is 2.86. The molecule has 4 rings (SSSR count). The molecule has 0 bridgehead atoms. The van der Waals surface area contributed by atoms with Gasteiger partial charge in [-0.3, -0.25) is 4.72 Å². The fourth-order valence-electron chi connectivity index (χ4n) is 3.07. The fourth-order valence-corrected chi connectivity index (χ4v) is 4.72. The van der Waals surface area contributed by atoms with Crippen molar-refractivity contribution in [2.75, 3.05) is 11.3 Å². The van der Waals surface area contributed by atoms with E-state index in [0.717, 1.165) is 41.9 Å². The van der Waals surface area contributed by atoms with E-state index in [0.29, 0.717) is 5.69 Å². The molecule has 0 amide bonds. The van der Waals surface area contributed by atoms with Crippen LogP contribution in [0.2, 0.25) is 5.02 Å². The monoisotopic (exact) mass is 391 g/mol. The Morgan fingerprint density at radius 3 is 2.85 bits per heavy atom. The van der Waals surface area contributed by atoms with Crippen LogP contribution < -0.4 is 4.72 Å². The second-order valence-electron chi connectivity index (χ2n) is 6.40. The number of fused-ring (bicyclic) bond motifs is 1. The van der Waals surface area contributed by atoms with Crippen LogP contribution in [-0.2, 0) is 14.8 Å². The molecule has 0 spiro atoms. The smallest absolute Gasteiger partial charge is 0.263 e. The first-order valence-electron chi connectivity index (χ1n) is 8.33. The molecule has 1 aliphatic rings. The molecule has 0 aliphatic carbocycles. The summed E-state index contributed by atoms with van der Waals surface area (Å²) in [6.07, 6.45) is 1.93. The molecule has 3 aromatic rings. The van der Waals surface area contributed by atoms with E-state index in [4.69, 9.17) is 16.3 Å². The number of anilines is 1. The number of rotatable bonds is 4. The Bertz CT molecular complexity index is 1070. The summed E-state index contributed by atoms with van der Waals surface area (Å²) in [5.74, 6) is 0.777. The van der Waals surface area contributed by atoms with Crippen LogP contribution in [0.1, 0.15) is 30.3 Å². The first-order chi connectivity index (χ1) is 12.4. The number of imidazole rings is 1. The topological polar surface area (TPSA) is 84.1 Å². The van der Waals surface area contributed by atoms with Crippen molar-refractivity contribution in [2.24, 2.45) is 0 Å². The van der Waals surface area contributed by atoms with E-state index in [9.17, 15) is 8.42 Å². The molecule has 2 N–H and O–H groups in total. The van der Waals surface area contributed by atoms with Crippen LogP contribution in [-0.4, -0.2) is 25.0 Å². The predicted octanol–water partition coefficient (Wildman–Crippen LogP) is 4.18. The minimum atomic E-state index is -3.78. The second-order valence-corrected chi connectivity index (χ2v) is 8.45. The molecule has 0 saturated carbocycles. The highest BCUT2D eigenvalue weighted by molar-refractivity contribution is 7.92. The molecule has 1 fully saturated rings. The van der Waals surface area contributed by atoms with Crippen molar-refractivity contribution in [1.82, 2.24) is 9.97 Å². The van der Waals surface area contributed by atoms with Gasteiger partial charge in [-0.25, -0.2) is 13.4 Å². The van der Waals surface area contributed by atoms with E-state index >= 15 is 0 Å². The molecule has 1 saturated heterocycles. The summed E-state index contributed by atoms with van der Waals surface area (Å²) in [6.45, 7) is 2.59. The Morgan fingerprint density at radius 2 is 2.12 bits per heavy atom. The van der Waals surface area contributed by atoms with E-state index in [1.165, 1.54) is 6.07 Å². The number of aromatic nitrogens is 2. The van der Waals surface area contributed by atoms with Crippen LogP contribution in [0.3, 0.4) is 0 Å². The molecule has 2 heterocycles. The van der Waals surface area contributed by atoms with Crippen LogP contribution in [0.25, 0.3) is 11.0 Å². The number of halogens is 1. The Hall–Kier alpha value is -2.09. The highest BCUT2D eigenvalue weighted by atomic mass is 35.5. The van der Waals surface area contributed by atoms with Gasteiger partial charge in [0.2, 0.25) is 0 Å². The van der Waals surface area contributed by atoms with Crippen molar-refractivity contribution in [3.8, 4) is 0 Å². The molecular formula is C18H18ClN3O3S. The minimum Gasteiger partial charge on any atom is -0.370 e.